The average Bonchev–Trinajstić information content (AvgIpc) is 3.01. The number of Topliss-reactive ketones (excluding diaryl/α,β-unsaturated/α-hetero) is 1. The second-order valence-corrected chi connectivity index (χ2v) is 5.31. The molecule has 5 nitrogen and oxygen atoms in total. The molecule has 5 heteroatoms. The number of ketones is 1. The van der Waals surface area contributed by atoms with Crippen LogP contribution in [0, 0.1) is 0 Å². The van der Waals surface area contributed by atoms with E-state index in [1.165, 1.54) is 0 Å². The lowest BCUT2D eigenvalue weighted by Crippen LogP contribution is -2.21. The van der Waals surface area contributed by atoms with Crippen LogP contribution in [-0.4, -0.2) is 28.8 Å². The van der Waals surface area contributed by atoms with Gasteiger partial charge >= 0.3 is 0 Å². The first-order chi connectivity index (χ1) is 10.1. The molecule has 108 valence electrons. The van der Waals surface area contributed by atoms with E-state index < -0.39 is 0 Å². The highest BCUT2D eigenvalue weighted by Crippen LogP contribution is 2.24. The molecule has 1 aromatic heterocycles. The van der Waals surface area contributed by atoms with Gasteiger partial charge < -0.3 is 10.6 Å². The fourth-order valence-corrected chi connectivity index (χ4v) is 2.56. The molecule has 0 atom stereocenters. The van der Waals surface area contributed by atoms with Crippen LogP contribution in [0.3, 0.4) is 0 Å². The predicted molar refractivity (Wildman–Crippen MR) is 83.3 cm³/mol. The van der Waals surface area contributed by atoms with Crippen molar-refractivity contribution in [2.75, 3.05) is 23.7 Å². The van der Waals surface area contributed by atoms with Crippen molar-refractivity contribution >= 4 is 17.5 Å². The Labute approximate surface area is 123 Å². The molecule has 1 saturated heterocycles. The van der Waals surface area contributed by atoms with Crippen LogP contribution < -0.4 is 10.6 Å². The normalized spacial score (nSPS) is 14.4. The van der Waals surface area contributed by atoms with Gasteiger partial charge in [0.05, 0.1) is 5.69 Å². The van der Waals surface area contributed by atoms with Gasteiger partial charge in [-0.05, 0) is 25.8 Å². The summed E-state index contributed by atoms with van der Waals surface area (Å²) in [5.41, 5.74) is 8.23. The second kappa shape index (κ2) is 5.52. The number of anilines is 2. The van der Waals surface area contributed by atoms with Crippen molar-refractivity contribution in [3.8, 4) is 11.3 Å². The number of rotatable bonds is 3. The number of hydrogen-bond acceptors (Lipinski definition) is 5. The molecule has 0 aliphatic carbocycles. The third kappa shape index (κ3) is 2.86. The Kier molecular flexibility index (Phi) is 3.56. The van der Waals surface area contributed by atoms with Gasteiger partial charge in [0.1, 0.15) is 5.82 Å². The highest BCUT2D eigenvalue weighted by Gasteiger charge is 2.16. The number of benzene rings is 1. The summed E-state index contributed by atoms with van der Waals surface area (Å²) < 4.78 is 0. The molecule has 21 heavy (non-hydrogen) atoms. The zero-order chi connectivity index (χ0) is 14.8. The van der Waals surface area contributed by atoms with E-state index in [2.05, 4.69) is 14.9 Å². The lowest BCUT2D eigenvalue weighted by molar-refractivity contribution is 0.101. The maximum absolute atomic E-state index is 11.5. The highest BCUT2D eigenvalue weighted by atomic mass is 16.1. The maximum Gasteiger partial charge on any atom is 0.227 e. The van der Waals surface area contributed by atoms with E-state index in [1.807, 2.05) is 18.2 Å². The first-order valence-corrected chi connectivity index (χ1v) is 7.14. The molecule has 2 N–H and O–H groups in total. The fourth-order valence-electron chi connectivity index (χ4n) is 2.56. The van der Waals surface area contributed by atoms with E-state index in [9.17, 15) is 4.79 Å². The van der Waals surface area contributed by atoms with Crippen LogP contribution in [0.25, 0.3) is 11.3 Å². The van der Waals surface area contributed by atoms with Crippen LogP contribution in [0.4, 0.5) is 11.8 Å². The summed E-state index contributed by atoms with van der Waals surface area (Å²) in [5, 5.41) is 0. The van der Waals surface area contributed by atoms with Crippen molar-refractivity contribution in [2.45, 2.75) is 19.8 Å². The molecular weight excluding hydrogens is 264 g/mol. The fraction of sp³-hybridized carbons (Fsp3) is 0.312. The lowest BCUT2D eigenvalue weighted by Gasteiger charge is -2.16. The number of carbonyl (C=O) groups is 1. The van der Waals surface area contributed by atoms with Crippen LogP contribution in [0.1, 0.15) is 30.1 Å². The Bertz CT molecular complexity index is 678. The molecule has 0 radical (unpaired) electrons. The molecular formula is C16H18N4O. The summed E-state index contributed by atoms with van der Waals surface area (Å²) in [6.07, 6.45) is 2.32. The Morgan fingerprint density at radius 1 is 1.19 bits per heavy atom. The van der Waals surface area contributed by atoms with Gasteiger partial charge in [0, 0.05) is 30.3 Å². The van der Waals surface area contributed by atoms with Crippen LogP contribution in [0.5, 0.6) is 0 Å². The summed E-state index contributed by atoms with van der Waals surface area (Å²) in [6.45, 7) is 3.50. The molecule has 2 heterocycles. The lowest BCUT2D eigenvalue weighted by atomic mass is 10.1. The number of nitrogens with zero attached hydrogens (tertiary/aromatic N) is 3. The molecule has 3 rings (SSSR count). The van der Waals surface area contributed by atoms with E-state index in [0.717, 1.165) is 37.2 Å². The average molecular weight is 282 g/mol. The topological polar surface area (TPSA) is 72.1 Å². The molecule has 0 unspecified atom stereocenters. The molecule has 1 aliphatic heterocycles. The summed E-state index contributed by atoms with van der Waals surface area (Å²) >= 11 is 0. The SMILES string of the molecule is CC(=O)c1cccc(-c2cc(N)nc(N3CCCC3)n2)c1. The molecule has 0 bridgehead atoms. The van der Waals surface area contributed by atoms with Crippen LogP contribution >= 0.6 is 0 Å². The van der Waals surface area contributed by atoms with Crippen LogP contribution in [0.2, 0.25) is 0 Å². The van der Waals surface area contributed by atoms with Gasteiger partial charge in [-0.2, -0.15) is 4.98 Å². The molecule has 0 amide bonds. The summed E-state index contributed by atoms with van der Waals surface area (Å²) in [4.78, 5) is 22.6. The summed E-state index contributed by atoms with van der Waals surface area (Å²) in [6, 6.07) is 9.19. The highest BCUT2D eigenvalue weighted by molar-refractivity contribution is 5.95. The standard InChI is InChI=1S/C16H18N4O/c1-11(21)12-5-4-6-13(9-12)14-10-15(17)19-16(18-14)20-7-2-3-8-20/h4-6,9-10H,2-3,7-8H2,1H3,(H2,17,18,19). The van der Waals surface area contributed by atoms with Gasteiger partial charge in [-0.3, -0.25) is 4.79 Å². The van der Waals surface area contributed by atoms with Crippen molar-refractivity contribution in [1.29, 1.82) is 0 Å². The first-order valence-electron chi connectivity index (χ1n) is 7.14. The zero-order valence-corrected chi connectivity index (χ0v) is 12.0. The monoisotopic (exact) mass is 282 g/mol. The molecule has 1 fully saturated rings. The van der Waals surface area contributed by atoms with E-state index in [-0.39, 0.29) is 5.78 Å². The zero-order valence-electron chi connectivity index (χ0n) is 12.0. The van der Waals surface area contributed by atoms with Gasteiger partial charge in [-0.25, -0.2) is 4.98 Å². The Hall–Kier alpha value is -2.43. The van der Waals surface area contributed by atoms with Gasteiger partial charge in [0.25, 0.3) is 0 Å². The summed E-state index contributed by atoms with van der Waals surface area (Å²) in [5.74, 6) is 1.17. The van der Waals surface area contributed by atoms with Crippen LogP contribution in [0.15, 0.2) is 30.3 Å². The smallest absolute Gasteiger partial charge is 0.227 e. The first kappa shape index (κ1) is 13.5. The van der Waals surface area contributed by atoms with Crippen molar-refractivity contribution in [2.24, 2.45) is 0 Å². The Balaban J connectivity index is 2.01. The molecule has 1 aliphatic rings. The number of hydrogen-bond donors (Lipinski definition) is 1. The third-order valence-electron chi connectivity index (χ3n) is 3.69. The van der Waals surface area contributed by atoms with Gasteiger partial charge in [-0.1, -0.05) is 18.2 Å². The van der Waals surface area contributed by atoms with E-state index in [4.69, 9.17) is 5.73 Å². The molecule has 2 aromatic rings. The predicted octanol–water partition coefficient (Wildman–Crippen LogP) is 2.53. The van der Waals surface area contributed by atoms with Gasteiger partial charge in [-0.15, -0.1) is 0 Å². The second-order valence-electron chi connectivity index (χ2n) is 5.31. The minimum Gasteiger partial charge on any atom is -0.384 e. The molecule has 0 spiro atoms. The van der Waals surface area contributed by atoms with Crippen LogP contribution in [-0.2, 0) is 0 Å². The van der Waals surface area contributed by atoms with E-state index in [1.54, 1.807) is 19.1 Å². The number of nitrogen functional groups attached to an aromatic ring is 1. The van der Waals surface area contributed by atoms with Crippen molar-refractivity contribution in [1.82, 2.24) is 9.97 Å². The number of carbonyl (C=O) groups excluding carboxylic acids is 1. The number of nitrogens with two attached hydrogens (primary N) is 1. The third-order valence-corrected chi connectivity index (χ3v) is 3.69. The summed E-state index contributed by atoms with van der Waals surface area (Å²) in [7, 11) is 0. The van der Waals surface area contributed by atoms with Crippen molar-refractivity contribution in [3.05, 3.63) is 35.9 Å². The quantitative estimate of drug-likeness (QED) is 0.876. The minimum absolute atomic E-state index is 0.0404. The Morgan fingerprint density at radius 3 is 2.67 bits per heavy atom. The molecule has 1 aromatic carbocycles. The van der Waals surface area contributed by atoms with Gasteiger partial charge in [0.15, 0.2) is 5.78 Å². The van der Waals surface area contributed by atoms with E-state index >= 15 is 0 Å². The van der Waals surface area contributed by atoms with Crippen molar-refractivity contribution in [3.63, 3.8) is 0 Å². The largest absolute Gasteiger partial charge is 0.384 e. The maximum atomic E-state index is 11.5. The molecule has 0 saturated carbocycles. The van der Waals surface area contributed by atoms with Crippen molar-refractivity contribution < 1.29 is 4.79 Å². The van der Waals surface area contributed by atoms with E-state index in [0.29, 0.717) is 17.3 Å². The Morgan fingerprint density at radius 2 is 1.95 bits per heavy atom. The minimum atomic E-state index is 0.0404. The van der Waals surface area contributed by atoms with Gasteiger partial charge in [0.2, 0.25) is 5.95 Å². The number of aromatic nitrogens is 2.